The van der Waals surface area contributed by atoms with E-state index in [1.807, 2.05) is 61.5 Å². The number of hydrogen-bond donors (Lipinski definition) is 3. The Balaban J connectivity index is 1.65. The first-order valence-electron chi connectivity index (χ1n) is 11.3. The molecular formula is C27H29N5O3S. The van der Waals surface area contributed by atoms with Crippen LogP contribution in [0.4, 0.5) is 17.5 Å². The maximum atomic E-state index is 12.2. The third-order valence-corrected chi connectivity index (χ3v) is 6.40. The molecule has 4 aromatic rings. The van der Waals surface area contributed by atoms with Gasteiger partial charge in [-0.2, -0.15) is 4.98 Å². The fourth-order valence-electron chi connectivity index (χ4n) is 3.57. The van der Waals surface area contributed by atoms with Gasteiger partial charge in [0, 0.05) is 28.9 Å². The molecule has 0 aliphatic rings. The third kappa shape index (κ3) is 6.32. The Morgan fingerprint density at radius 3 is 2.53 bits per heavy atom. The molecule has 4 N–H and O–H groups in total. The second-order valence-corrected chi connectivity index (χ2v) is 9.92. The monoisotopic (exact) mass is 503 g/mol. The Bertz CT molecular complexity index is 1440. The molecule has 0 aliphatic heterocycles. The van der Waals surface area contributed by atoms with Gasteiger partial charge in [-0.15, -0.1) is 0 Å². The SMILES string of the molecule is C=S(N)(=O)c1cccc(Nc2ncc(-c3ccc(OCC)cc3)c(NCc3cccc(OC)c3)n2)c1. The highest BCUT2D eigenvalue weighted by Crippen LogP contribution is 2.30. The first-order valence-corrected chi connectivity index (χ1v) is 13.1. The quantitative estimate of drug-likeness (QED) is 0.265. The van der Waals surface area contributed by atoms with E-state index < -0.39 is 9.71 Å². The third-order valence-electron chi connectivity index (χ3n) is 5.35. The lowest BCUT2D eigenvalue weighted by atomic mass is 10.1. The van der Waals surface area contributed by atoms with E-state index in [4.69, 9.17) is 19.6 Å². The first-order chi connectivity index (χ1) is 17.4. The van der Waals surface area contributed by atoms with Crippen LogP contribution in [0.3, 0.4) is 0 Å². The number of anilines is 3. The Morgan fingerprint density at radius 2 is 1.81 bits per heavy atom. The van der Waals surface area contributed by atoms with Crippen LogP contribution in [0.1, 0.15) is 12.5 Å². The Morgan fingerprint density at radius 1 is 1.03 bits per heavy atom. The molecule has 0 spiro atoms. The smallest absolute Gasteiger partial charge is 0.229 e. The van der Waals surface area contributed by atoms with E-state index in [9.17, 15) is 4.21 Å². The molecule has 0 saturated carbocycles. The van der Waals surface area contributed by atoms with E-state index in [2.05, 4.69) is 21.5 Å². The van der Waals surface area contributed by atoms with Gasteiger partial charge < -0.3 is 20.1 Å². The maximum Gasteiger partial charge on any atom is 0.229 e. The van der Waals surface area contributed by atoms with Crippen molar-refractivity contribution in [2.24, 2.45) is 5.14 Å². The molecule has 8 nitrogen and oxygen atoms in total. The zero-order valence-corrected chi connectivity index (χ0v) is 21.0. The standard InChI is InChI=1S/C27H29N5O3S/c1-4-35-22-13-11-20(12-14-22)25-18-30-27(31-21-8-6-10-24(16-21)36(3,28)33)32-26(25)29-17-19-7-5-9-23(15-19)34-2/h5-16,18H,3-4,17H2,1-2H3,(H2,28,33)(H2,29,30,31,32). The van der Waals surface area contributed by atoms with Crippen LogP contribution in [0.15, 0.2) is 83.9 Å². The number of methoxy groups -OCH3 is 1. The van der Waals surface area contributed by atoms with Gasteiger partial charge in [-0.1, -0.05) is 30.3 Å². The summed E-state index contributed by atoms with van der Waals surface area (Å²) in [5.41, 5.74) is 3.48. The van der Waals surface area contributed by atoms with E-state index in [0.29, 0.717) is 35.5 Å². The van der Waals surface area contributed by atoms with Gasteiger partial charge in [-0.25, -0.2) is 9.19 Å². The lowest BCUT2D eigenvalue weighted by molar-refractivity contribution is 0.340. The number of benzene rings is 3. The van der Waals surface area contributed by atoms with Crippen molar-refractivity contribution in [1.29, 1.82) is 0 Å². The zero-order chi connectivity index (χ0) is 25.5. The Hall–Kier alpha value is -4.08. The fraction of sp³-hybridized carbons (Fsp3) is 0.148. The molecule has 0 fully saturated rings. The van der Waals surface area contributed by atoms with Crippen molar-refractivity contribution >= 4 is 33.0 Å². The summed E-state index contributed by atoms with van der Waals surface area (Å²) >= 11 is 0. The summed E-state index contributed by atoms with van der Waals surface area (Å²) in [5, 5.41) is 12.3. The molecule has 36 heavy (non-hydrogen) atoms. The maximum absolute atomic E-state index is 12.2. The largest absolute Gasteiger partial charge is 0.497 e. The number of nitrogens with one attached hydrogen (secondary N) is 2. The van der Waals surface area contributed by atoms with Gasteiger partial charge in [0.05, 0.1) is 23.4 Å². The summed E-state index contributed by atoms with van der Waals surface area (Å²) in [6.45, 7) is 3.08. The molecule has 0 radical (unpaired) electrons. The van der Waals surface area contributed by atoms with Gasteiger partial charge in [-0.3, -0.25) is 5.14 Å². The molecule has 1 atom stereocenters. The summed E-state index contributed by atoms with van der Waals surface area (Å²) in [4.78, 5) is 9.69. The Kier molecular flexibility index (Phi) is 7.72. The average molecular weight is 504 g/mol. The van der Waals surface area contributed by atoms with Gasteiger partial charge in [0.15, 0.2) is 0 Å². The fourth-order valence-corrected chi connectivity index (χ4v) is 4.21. The van der Waals surface area contributed by atoms with Crippen molar-refractivity contribution in [3.05, 3.63) is 84.6 Å². The number of aromatic nitrogens is 2. The van der Waals surface area contributed by atoms with E-state index in [-0.39, 0.29) is 0 Å². The van der Waals surface area contributed by atoms with Crippen molar-refractivity contribution < 1.29 is 13.7 Å². The molecular weight excluding hydrogens is 474 g/mol. The Labute approximate surface area is 211 Å². The number of hydrogen-bond acceptors (Lipinski definition) is 7. The summed E-state index contributed by atoms with van der Waals surface area (Å²) < 4.78 is 23.1. The van der Waals surface area contributed by atoms with Crippen LogP contribution in [-0.2, 0) is 16.3 Å². The van der Waals surface area contributed by atoms with E-state index in [1.54, 1.807) is 31.5 Å². The predicted molar refractivity (Wildman–Crippen MR) is 146 cm³/mol. The number of nitrogens with zero attached hydrogens (tertiary/aromatic N) is 2. The highest BCUT2D eigenvalue weighted by Gasteiger charge is 2.12. The van der Waals surface area contributed by atoms with Crippen LogP contribution in [0.2, 0.25) is 0 Å². The first kappa shape index (κ1) is 25.0. The van der Waals surface area contributed by atoms with Gasteiger partial charge >= 0.3 is 0 Å². The van der Waals surface area contributed by atoms with Crippen LogP contribution in [0, 0.1) is 0 Å². The minimum Gasteiger partial charge on any atom is -0.497 e. The van der Waals surface area contributed by atoms with Gasteiger partial charge in [-0.05, 0) is 66.4 Å². The number of nitrogens with two attached hydrogens (primary N) is 1. The second kappa shape index (κ2) is 11.1. The van der Waals surface area contributed by atoms with Crippen LogP contribution in [0.5, 0.6) is 11.5 Å². The van der Waals surface area contributed by atoms with Crippen LogP contribution < -0.4 is 25.2 Å². The minimum absolute atomic E-state index is 0.377. The molecule has 4 rings (SSSR count). The highest BCUT2D eigenvalue weighted by atomic mass is 32.2. The summed E-state index contributed by atoms with van der Waals surface area (Å²) in [6.07, 6.45) is 1.76. The van der Waals surface area contributed by atoms with Gasteiger partial charge in [0.1, 0.15) is 17.3 Å². The summed E-state index contributed by atoms with van der Waals surface area (Å²) in [7, 11) is -1.19. The molecule has 186 valence electrons. The number of ether oxygens (including phenoxy) is 2. The molecule has 1 aromatic heterocycles. The van der Waals surface area contributed by atoms with E-state index >= 15 is 0 Å². The molecule has 0 amide bonds. The second-order valence-electron chi connectivity index (χ2n) is 8.00. The van der Waals surface area contributed by atoms with Gasteiger partial charge in [0.2, 0.25) is 5.95 Å². The highest BCUT2D eigenvalue weighted by molar-refractivity contribution is 7.98. The van der Waals surface area contributed by atoms with Crippen LogP contribution in [-0.4, -0.2) is 33.8 Å². The molecule has 1 unspecified atom stereocenters. The van der Waals surface area contributed by atoms with Crippen molar-refractivity contribution in [1.82, 2.24) is 9.97 Å². The number of rotatable bonds is 10. The minimum atomic E-state index is -2.83. The topological polar surface area (TPSA) is 111 Å². The van der Waals surface area contributed by atoms with Crippen LogP contribution in [0.25, 0.3) is 11.1 Å². The predicted octanol–water partition coefficient (Wildman–Crippen LogP) is 4.86. The molecule has 1 heterocycles. The van der Waals surface area contributed by atoms with Crippen molar-refractivity contribution in [3.63, 3.8) is 0 Å². The van der Waals surface area contributed by atoms with Crippen LogP contribution >= 0.6 is 0 Å². The average Bonchev–Trinajstić information content (AvgIpc) is 2.88. The molecule has 0 saturated heterocycles. The van der Waals surface area contributed by atoms with E-state index in [1.165, 1.54) is 0 Å². The summed E-state index contributed by atoms with van der Waals surface area (Å²) in [5.74, 6) is 6.16. The summed E-state index contributed by atoms with van der Waals surface area (Å²) in [6, 6.07) is 22.6. The molecule has 0 aliphatic carbocycles. The van der Waals surface area contributed by atoms with Gasteiger partial charge in [0.25, 0.3) is 0 Å². The lowest BCUT2D eigenvalue weighted by Gasteiger charge is -2.14. The lowest BCUT2D eigenvalue weighted by Crippen LogP contribution is -2.12. The van der Waals surface area contributed by atoms with Crippen molar-refractivity contribution in [3.8, 4) is 22.6 Å². The molecule has 3 aromatic carbocycles. The molecule has 0 bridgehead atoms. The zero-order valence-electron chi connectivity index (χ0n) is 20.2. The van der Waals surface area contributed by atoms with Crippen molar-refractivity contribution in [2.75, 3.05) is 24.4 Å². The van der Waals surface area contributed by atoms with E-state index in [0.717, 1.165) is 28.2 Å². The van der Waals surface area contributed by atoms with Crippen molar-refractivity contribution in [2.45, 2.75) is 18.4 Å². The normalized spacial score (nSPS) is 12.4. The molecule has 9 heteroatoms.